The molecule has 96 valence electrons. The fourth-order valence-electron chi connectivity index (χ4n) is 1.54. The first-order valence-electron chi connectivity index (χ1n) is 5.63. The molecule has 0 N–H and O–H groups in total. The Morgan fingerprint density at radius 2 is 1.94 bits per heavy atom. The Labute approximate surface area is 107 Å². The predicted octanol–water partition coefficient (Wildman–Crippen LogP) is 4.74. The van der Waals surface area contributed by atoms with Crippen LogP contribution in [-0.4, -0.2) is 4.98 Å². The zero-order chi connectivity index (χ0) is 13.3. The number of benzene rings is 1. The summed E-state index contributed by atoms with van der Waals surface area (Å²) in [7, 11) is 0. The molecule has 0 aliphatic heterocycles. The Balaban J connectivity index is 2.43. The predicted molar refractivity (Wildman–Crippen MR) is 66.1 cm³/mol. The van der Waals surface area contributed by atoms with Crippen molar-refractivity contribution in [3.8, 4) is 10.6 Å². The SMILES string of the molecule is CCC(C)c1csc(-c2ccc(F)c(F)c2F)n1. The van der Waals surface area contributed by atoms with Gasteiger partial charge >= 0.3 is 0 Å². The van der Waals surface area contributed by atoms with Crippen molar-refractivity contribution in [2.45, 2.75) is 26.2 Å². The van der Waals surface area contributed by atoms with E-state index in [2.05, 4.69) is 4.98 Å². The van der Waals surface area contributed by atoms with E-state index in [0.717, 1.165) is 18.2 Å². The van der Waals surface area contributed by atoms with E-state index in [9.17, 15) is 13.2 Å². The average Bonchev–Trinajstić information content (AvgIpc) is 2.84. The molecule has 0 amide bonds. The van der Waals surface area contributed by atoms with Crippen LogP contribution in [-0.2, 0) is 0 Å². The van der Waals surface area contributed by atoms with Crippen molar-refractivity contribution in [2.75, 3.05) is 0 Å². The van der Waals surface area contributed by atoms with Gasteiger partial charge in [0.1, 0.15) is 5.01 Å². The van der Waals surface area contributed by atoms with Crippen LogP contribution in [0.3, 0.4) is 0 Å². The second kappa shape index (κ2) is 5.10. The van der Waals surface area contributed by atoms with Crippen LogP contribution < -0.4 is 0 Å². The third-order valence-corrected chi connectivity index (χ3v) is 3.80. The maximum Gasteiger partial charge on any atom is 0.195 e. The molecule has 1 heterocycles. The van der Waals surface area contributed by atoms with E-state index in [1.54, 1.807) is 0 Å². The number of thiazole rings is 1. The molecular formula is C13H12F3NS. The van der Waals surface area contributed by atoms with Crippen molar-refractivity contribution in [1.82, 2.24) is 4.98 Å². The Bertz CT molecular complexity index is 565. The molecule has 2 rings (SSSR count). The van der Waals surface area contributed by atoms with Gasteiger partial charge in [0.15, 0.2) is 17.5 Å². The lowest BCUT2D eigenvalue weighted by atomic mass is 10.1. The Morgan fingerprint density at radius 3 is 2.61 bits per heavy atom. The van der Waals surface area contributed by atoms with Gasteiger partial charge in [0, 0.05) is 10.9 Å². The van der Waals surface area contributed by atoms with E-state index in [4.69, 9.17) is 0 Å². The van der Waals surface area contributed by atoms with Gasteiger partial charge in [-0.2, -0.15) is 0 Å². The third kappa shape index (κ3) is 2.27. The highest BCUT2D eigenvalue weighted by molar-refractivity contribution is 7.13. The van der Waals surface area contributed by atoms with Crippen molar-refractivity contribution >= 4 is 11.3 Å². The molecule has 5 heteroatoms. The molecule has 18 heavy (non-hydrogen) atoms. The van der Waals surface area contributed by atoms with Gasteiger partial charge in [0.05, 0.1) is 5.69 Å². The monoisotopic (exact) mass is 271 g/mol. The largest absolute Gasteiger partial charge is 0.241 e. The van der Waals surface area contributed by atoms with Gasteiger partial charge in [0.25, 0.3) is 0 Å². The minimum Gasteiger partial charge on any atom is -0.241 e. The number of halogens is 3. The summed E-state index contributed by atoms with van der Waals surface area (Å²) in [6.07, 6.45) is 0.920. The summed E-state index contributed by atoms with van der Waals surface area (Å²) < 4.78 is 39.6. The second-order valence-corrected chi connectivity index (χ2v) is 4.97. The Morgan fingerprint density at radius 1 is 1.22 bits per heavy atom. The maximum absolute atomic E-state index is 13.6. The Hall–Kier alpha value is -1.36. The fourth-order valence-corrected chi connectivity index (χ4v) is 2.50. The minimum absolute atomic E-state index is 0.00783. The first-order chi connectivity index (χ1) is 8.54. The molecule has 0 saturated heterocycles. The molecular weight excluding hydrogens is 259 g/mol. The van der Waals surface area contributed by atoms with Gasteiger partial charge < -0.3 is 0 Å². The first kappa shape index (κ1) is 13.1. The summed E-state index contributed by atoms with van der Waals surface area (Å²) in [5, 5.41) is 2.20. The van der Waals surface area contributed by atoms with Crippen LogP contribution in [0.5, 0.6) is 0 Å². The average molecular weight is 271 g/mol. The summed E-state index contributed by atoms with van der Waals surface area (Å²) in [6.45, 7) is 4.04. The Kier molecular flexibility index (Phi) is 3.71. The molecule has 0 fully saturated rings. The molecule has 0 aliphatic carbocycles. The van der Waals surface area contributed by atoms with E-state index in [1.807, 2.05) is 19.2 Å². The normalized spacial score (nSPS) is 12.7. The highest BCUT2D eigenvalue weighted by atomic mass is 32.1. The van der Waals surface area contributed by atoms with Crippen LogP contribution in [0.25, 0.3) is 10.6 Å². The van der Waals surface area contributed by atoms with Crippen molar-refractivity contribution in [3.05, 3.63) is 40.7 Å². The van der Waals surface area contributed by atoms with E-state index in [1.165, 1.54) is 17.4 Å². The lowest BCUT2D eigenvalue weighted by Crippen LogP contribution is -1.95. The summed E-state index contributed by atoms with van der Waals surface area (Å²) >= 11 is 1.23. The zero-order valence-electron chi connectivity index (χ0n) is 10.0. The highest BCUT2D eigenvalue weighted by Gasteiger charge is 2.17. The summed E-state index contributed by atoms with van der Waals surface area (Å²) in [5.41, 5.74) is 0.857. The third-order valence-electron chi connectivity index (χ3n) is 2.90. The number of hydrogen-bond acceptors (Lipinski definition) is 2. The second-order valence-electron chi connectivity index (χ2n) is 4.11. The lowest BCUT2D eigenvalue weighted by molar-refractivity contribution is 0.449. The van der Waals surface area contributed by atoms with Crippen LogP contribution in [0.2, 0.25) is 0 Å². The number of aromatic nitrogens is 1. The molecule has 1 nitrogen and oxygen atoms in total. The topological polar surface area (TPSA) is 12.9 Å². The van der Waals surface area contributed by atoms with E-state index in [0.29, 0.717) is 5.01 Å². The number of hydrogen-bond donors (Lipinski definition) is 0. The molecule has 0 radical (unpaired) electrons. The fraction of sp³-hybridized carbons (Fsp3) is 0.308. The molecule has 0 spiro atoms. The van der Waals surface area contributed by atoms with Crippen LogP contribution >= 0.6 is 11.3 Å². The maximum atomic E-state index is 13.6. The van der Waals surface area contributed by atoms with Gasteiger partial charge in [-0.15, -0.1) is 11.3 Å². The van der Waals surface area contributed by atoms with E-state index >= 15 is 0 Å². The summed E-state index contributed by atoms with van der Waals surface area (Å²) in [5.74, 6) is -3.55. The number of rotatable bonds is 3. The lowest BCUT2D eigenvalue weighted by Gasteiger charge is -2.03. The van der Waals surface area contributed by atoms with Gasteiger partial charge in [0.2, 0.25) is 0 Å². The van der Waals surface area contributed by atoms with E-state index in [-0.39, 0.29) is 11.5 Å². The van der Waals surface area contributed by atoms with Gasteiger partial charge in [-0.1, -0.05) is 13.8 Å². The zero-order valence-corrected chi connectivity index (χ0v) is 10.8. The van der Waals surface area contributed by atoms with Crippen molar-refractivity contribution in [2.24, 2.45) is 0 Å². The summed E-state index contributed by atoms with van der Waals surface area (Å²) in [6, 6.07) is 2.13. The van der Waals surface area contributed by atoms with Crippen LogP contribution in [0.15, 0.2) is 17.5 Å². The first-order valence-corrected chi connectivity index (χ1v) is 6.51. The summed E-state index contributed by atoms with van der Waals surface area (Å²) in [4.78, 5) is 4.27. The molecule has 1 aromatic heterocycles. The molecule has 0 aliphatic rings. The standard InChI is InChI=1S/C13H12F3NS/c1-3-7(2)10-6-18-13(17-10)8-4-5-9(14)12(16)11(8)15/h4-7H,3H2,1-2H3. The smallest absolute Gasteiger partial charge is 0.195 e. The molecule has 1 unspecified atom stereocenters. The van der Waals surface area contributed by atoms with Crippen LogP contribution in [0.1, 0.15) is 31.9 Å². The van der Waals surface area contributed by atoms with Gasteiger partial charge in [-0.3, -0.25) is 0 Å². The molecule has 2 aromatic rings. The minimum atomic E-state index is -1.45. The molecule has 1 aromatic carbocycles. The molecule has 1 atom stereocenters. The quantitative estimate of drug-likeness (QED) is 0.735. The van der Waals surface area contributed by atoms with Crippen molar-refractivity contribution in [3.63, 3.8) is 0 Å². The van der Waals surface area contributed by atoms with E-state index < -0.39 is 17.5 Å². The highest BCUT2D eigenvalue weighted by Crippen LogP contribution is 2.31. The van der Waals surface area contributed by atoms with Gasteiger partial charge in [-0.05, 0) is 24.5 Å². The number of nitrogens with zero attached hydrogens (tertiary/aromatic N) is 1. The van der Waals surface area contributed by atoms with Crippen LogP contribution in [0, 0.1) is 17.5 Å². The van der Waals surface area contributed by atoms with Gasteiger partial charge in [-0.25, -0.2) is 18.2 Å². The molecule has 0 saturated carbocycles. The molecule has 0 bridgehead atoms. The van der Waals surface area contributed by atoms with Crippen molar-refractivity contribution < 1.29 is 13.2 Å². The van der Waals surface area contributed by atoms with Crippen LogP contribution in [0.4, 0.5) is 13.2 Å². The van der Waals surface area contributed by atoms with Crippen molar-refractivity contribution in [1.29, 1.82) is 0 Å².